The number of aryl methyl sites for hydroxylation is 4. The summed E-state index contributed by atoms with van der Waals surface area (Å²) in [6.07, 6.45) is 4.77. The van der Waals surface area contributed by atoms with Crippen LogP contribution in [0.15, 0.2) is 59.6 Å². The van der Waals surface area contributed by atoms with Crippen LogP contribution in [0.4, 0.5) is 17.3 Å². The fraction of sp³-hybridized carbons (Fsp3) is 0.432. The van der Waals surface area contributed by atoms with Crippen molar-refractivity contribution < 1.29 is 33.7 Å². The fourth-order valence-electron chi connectivity index (χ4n) is 6.98. The number of anilines is 2. The SMILES string of the molecule is C=Nc1cc(C(N)=O)ccc1N(C/C=C/Cn1c(NC(=O)c2cc(C)nn2CC)nc2cc(CO)cc(OC)c21)C(=O)c1cc(C)nn1CC.CN.COCCCN1CCOCC1. The molecule has 0 aliphatic carbocycles. The average molecular weight is 871 g/mol. The van der Waals surface area contributed by atoms with Gasteiger partial charge in [0.05, 0.1) is 55.2 Å². The van der Waals surface area contributed by atoms with E-state index in [1.807, 2.05) is 33.8 Å². The lowest BCUT2D eigenvalue weighted by Crippen LogP contribution is -2.37. The molecule has 6 rings (SSSR count). The summed E-state index contributed by atoms with van der Waals surface area (Å²) in [5, 5.41) is 21.6. The molecule has 6 N–H and O–H groups in total. The van der Waals surface area contributed by atoms with E-state index in [4.69, 9.17) is 24.9 Å². The van der Waals surface area contributed by atoms with Crippen LogP contribution < -0.4 is 26.4 Å². The van der Waals surface area contributed by atoms with E-state index in [-0.39, 0.29) is 37.1 Å². The van der Waals surface area contributed by atoms with Crippen molar-refractivity contribution in [2.45, 2.75) is 60.4 Å². The van der Waals surface area contributed by atoms with Gasteiger partial charge in [0.1, 0.15) is 22.7 Å². The first-order valence-electron chi connectivity index (χ1n) is 20.8. The summed E-state index contributed by atoms with van der Waals surface area (Å²) < 4.78 is 20.9. The molecule has 0 spiro atoms. The number of fused-ring (bicyclic) bond motifs is 1. The van der Waals surface area contributed by atoms with E-state index in [1.54, 1.807) is 57.4 Å². The maximum Gasteiger partial charge on any atom is 0.276 e. The Morgan fingerprint density at radius 3 is 2.25 bits per heavy atom. The predicted octanol–water partition coefficient (Wildman–Crippen LogP) is 4.10. The van der Waals surface area contributed by atoms with Gasteiger partial charge in [0.15, 0.2) is 0 Å². The molecule has 1 aliphatic heterocycles. The van der Waals surface area contributed by atoms with Crippen molar-refractivity contribution in [3.05, 3.63) is 88.5 Å². The van der Waals surface area contributed by atoms with Gasteiger partial charge < -0.3 is 40.3 Å². The van der Waals surface area contributed by atoms with Gasteiger partial charge in [-0.3, -0.25) is 39.0 Å². The Kier molecular flexibility index (Phi) is 19.1. The summed E-state index contributed by atoms with van der Waals surface area (Å²) in [5.74, 6) is -0.655. The number of aliphatic hydroxyl groups excluding tert-OH is 1. The third-order valence-corrected chi connectivity index (χ3v) is 9.98. The number of hydrogen-bond acceptors (Lipinski definition) is 13. The number of morpholine rings is 1. The number of benzene rings is 2. The smallest absolute Gasteiger partial charge is 0.276 e. The highest BCUT2D eigenvalue weighted by atomic mass is 16.5. The standard InChI is InChI=1S/C35H40N10O5.C8H17NO2.CH5N/c1-7-44-28(15-21(3)40-44)33(48)39-35-38-26-17-23(20-46)18-30(50-6)31(26)43(35)14-10-9-13-42(34(49)29-16-22(4)41-45(29)8-2)27-12-11-24(32(36)47)19-25(27)37-5;1-10-6-2-3-9-4-7-11-8-5-9;1-2/h9-12,15-19,46H,5,7-8,13-14,20H2,1-4,6H3,(H2,36,47)(H,38,39,48);2-8H2,1H3;2H2,1H3/b10-9+;;. The molecular formula is C44H62N12O7. The molecule has 19 heteroatoms. The van der Waals surface area contributed by atoms with Gasteiger partial charge in [-0.05, 0) is 95.9 Å². The molecule has 0 radical (unpaired) electrons. The van der Waals surface area contributed by atoms with E-state index in [2.05, 4.69) is 37.9 Å². The Morgan fingerprint density at radius 1 is 0.984 bits per heavy atom. The monoisotopic (exact) mass is 870 g/mol. The Labute approximate surface area is 368 Å². The number of rotatable bonds is 18. The van der Waals surface area contributed by atoms with Gasteiger partial charge in [-0.1, -0.05) is 12.2 Å². The fourth-order valence-corrected chi connectivity index (χ4v) is 6.98. The van der Waals surface area contributed by atoms with Gasteiger partial charge in [0.25, 0.3) is 11.8 Å². The van der Waals surface area contributed by atoms with Crippen LogP contribution in [0.5, 0.6) is 5.75 Å². The van der Waals surface area contributed by atoms with Crippen molar-refractivity contribution in [2.24, 2.45) is 16.5 Å². The van der Waals surface area contributed by atoms with Crippen molar-refractivity contribution in [2.75, 3.05) is 77.5 Å². The molecule has 3 aromatic heterocycles. The van der Waals surface area contributed by atoms with Crippen molar-refractivity contribution >= 4 is 52.8 Å². The number of imidazole rings is 1. The molecule has 5 aromatic rings. The number of amides is 3. The minimum atomic E-state index is -0.634. The molecule has 0 unspecified atom stereocenters. The van der Waals surface area contributed by atoms with E-state index in [9.17, 15) is 19.5 Å². The van der Waals surface area contributed by atoms with Crippen LogP contribution in [0, 0.1) is 13.8 Å². The van der Waals surface area contributed by atoms with Crippen molar-refractivity contribution in [3.63, 3.8) is 0 Å². The number of ether oxygens (including phenoxy) is 3. The third kappa shape index (κ3) is 12.7. The summed E-state index contributed by atoms with van der Waals surface area (Å²) in [4.78, 5) is 52.2. The Balaban J connectivity index is 0.000000578. The number of primary amides is 1. The van der Waals surface area contributed by atoms with E-state index in [1.165, 1.54) is 31.2 Å². The topological polar surface area (TPSA) is 235 Å². The summed E-state index contributed by atoms with van der Waals surface area (Å²) in [7, 11) is 4.77. The number of hydrogen-bond donors (Lipinski definition) is 4. The molecule has 2 aromatic carbocycles. The van der Waals surface area contributed by atoms with Gasteiger partial charge in [0, 0.05) is 65.1 Å². The molecule has 19 nitrogen and oxygen atoms in total. The number of aliphatic imine (C=N–C) groups is 1. The summed E-state index contributed by atoms with van der Waals surface area (Å²) in [6, 6.07) is 11.5. The zero-order valence-corrected chi connectivity index (χ0v) is 37.5. The summed E-state index contributed by atoms with van der Waals surface area (Å²) in [5.41, 5.74) is 14.8. The van der Waals surface area contributed by atoms with Gasteiger partial charge in [-0.15, -0.1) is 0 Å². The van der Waals surface area contributed by atoms with E-state index >= 15 is 0 Å². The number of methoxy groups -OCH3 is 2. The molecule has 63 heavy (non-hydrogen) atoms. The number of aromatic nitrogens is 6. The number of nitrogens with two attached hydrogens (primary N) is 2. The quantitative estimate of drug-likeness (QED) is 0.0554. The van der Waals surface area contributed by atoms with Crippen molar-refractivity contribution in [3.8, 4) is 5.75 Å². The number of carbonyl (C=O) groups is 3. The van der Waals surface area contributed by atoms with Crippen molar-refractivity contribution in [1.29, 1.82) is 0 Å². The molecule has 0 atom stereocenters. The van der Waals surface area contributed by atoms with Crippen LogP contribution in [0.3, 0.4) is 0 Å². The van der Waals surface area contributed by atoms with E-state index in [0.29, 0.717) is 69.6 Å². The molecular weight excluding hydrogens is 809 g/mol. The first-order valence-corrected chi connectivity index (χ1v) is 20.8. The number of nitrogens with one attached hydrogen (secondary N) is 1. The summed E-state index contributed by atoms with van der Waals surface area (Å²) >= 11 is 0. The number of allylic oxidation sites excluding steroid dienone is 1. The highest BCUT2D eigenvalue weighted by Crippen LogP contribution is 2.33. The zero-order chi connectivity index (χ0) is 46.1. The predicted molar refractivity (Wildman–Crippen MR) is 244 cm³/mol. The highest BCUT2D eigenvalue weighted by molar-refractivity contribution is 6.07. The van der Waals surface area contributed by atoms with E-state index in [0.717, 1.165) is 45.9 Å². The Morgan fingerprint density at radius 2 is 1.65 bits per heavy atom. The molecule has 3 amide bonds. The minimum Gasteiger partial charge on any atom is -0.494 e. The molecule has 340 valence electrons. The average Bonchev–Trinajstić information content (AvgIpc) is 4.00. The maximum absolute atomic E-state index is 14.1. The highest BCUT2D eigenvalue weighted by Gasteiger charge is 2.25. The lowest BCUT2D eigenvalue weighted by Gasteiger charge is -2.26. The largest absolute Gasteiger partial charge is 0.494 e. The second kappa shape index (κ2) is 24.4. The van der Waals surface area contributed by atoms with Gasteiger partial charge in [-0.25, -0.2) is 4.98 Å². The second-order valence-corrected chi connectivity index (χ2v) is 14.2. The van der Waals surface area contributed by atoms with Gasteiger partial charge in [-0.2, -0.15) is 10.2 Å². The lowest BCUT2D eigenvalue weighted by atomic mass is 10.1. The summed E-state index contributed by atoms with van der Waals surface area (Å²) in [6.45, 7) is 18.1. The maximum atomic E-state index is 14.1. The molecule has 1 saturated heterocycles. The minimum absolute atomic E-state index is 0.0975. The molecule has 0 bridgehead atoms. The van der Waals surface area contributed by atoms with Crippen LogP contribution in [-0.2, 0) is 35.7 Å². The molecule has 4 heterocycles. The van der Waals surface area contributed by atoms with Gasteiger partial charge in [0.2, 0.25) is 11.9 Å². The lowest BCUT2D eigenvalue weighted by molar-refractivity contribution is 0.0340. The number of carbonyl (C=O) groups excluding carboxylic acids is 3. The van der Waals surface area contributed by atoms with Crippen LogP contribution in [-0.4, -0.2) is 131 Å². The third-order valence-electron chi connectivity index (χ3n) is 9.98. The number of aliphatic hydroxyl groups is 1. The first-order chi connectivity index (χ1) is 30.5. The van der Waals surface area contributed by atoms with Crippen LogP contribution in [0.25, 0.3) is 11.0 Å². The first kappa shape index (κ1) is 49.4. The molecule has 1 fully saturated rings. The zero-order valence-electron chi connectivity index (χ0n) is 37.5. The van der Waals surface area contributed by atoms with Crippen LogP contribution >= 0.6 is 0 Å². The number of nitrogens with zero attached hydrogens (tertiary/aromatic N) is 9. The molecule has 1 aliphatic rings. The second-order valence-electron chi connectivity index (χ2n) is 14.2. The Bertz CT molecular complexity index is 2340. The van der Waals surface area contributed by atoms with Crippen molar-refractivity contribution in [1.82, 2.24) is 34.0 Å². The molecule has 0 saturated carbocycles. The normalized spacial score (nSPS) is 12.7. The Hall–Kier alpha value is -6.25. The van der Waals surface area contributed by atoms with Crippen LogP contribution in [0.1, 0.15) is 68.6 Å². The van der Waals surface area contributed by atoms with Gasteiger partial charge >= 0.3 is 0 Å². The van der Waals surface area contributed by atoms with E-state index < -0.39 is 11.8 Å². The van der Waals surface area contributed by atoms with Crippen LogP contribution in [0.2, 0.25) is 0 Å².